The average molecular weight is 204 g/mol. The molecule has 0 spiro atoms. The highest BCUT2D eigenvalue weighted by atomic mass is 32.2. The molecule has 0 saturated heterocycles. The zero-order valence-electron chi connectivity index (χ0n) is 8.89. The number of amides is 1. The molecule has 78 valence electrons. The van der Waals surface area contributed by atoms with Gasteiger partial charge in [-0.3, -0.25) is 4.79 Å². The number of likely N-dealkylation sites (N-methyl/N-ethyl adjacent to an activating group) is 1. The van der Waals surface area contributed by atoms with Crippen molar-refractivity contribution in [2.24, 2.45) is 0 Å². The normalized spacial score (nSPS) is 15.1. The standard InChI is InChI=1S/C9H20N2OS/c1-7(5-6-13-4)11-9(12)8(2)10-3/h7-8,10H,5-6H2,1-4H3,(H,11,12). The van der Waals surface area contributed by atoms with Gasteiger partial charge in [0, 0.05) is 6.04 Å². The Labute approximate surface area is 85.0 Å². The molecule has 3 nitrogen and oxygen atoms in total. The van der Waals surface area contributed by atoms with Gasteiger partial charge in [0.2, 0.25) is 5.91 Å². The van der Waals surface area contributed by atoms with Gasteiger partial charge in [0.25, 0.3) is 0 Å². The zero-order chi connectivity index (χ0) is 10.3. The lowest BCUT2D eigenvalue weighted by atomic mass is 10.2. The van der Waals surface area contributed by atoms with Gasteiger partial charge in [-0.25, -0.2) is 0 Å². The number of hydrogen-bond donors (Lipinski definition) is 2. The van der Waals surface area contributed by atoms with E-state index in [4.69, 9.17) is 0 Å². The maximum Gasteiger partial charge on any atom is 0.237 e. The minimum atomic E-state index is -0.100. The molecule has 13 heavy (non-hydrogen) atoms. The van der Waals surface area contributed by atoms with Crippen molar-refractivity contribution < 1.29 is 4.79 Å². The summed E-state index contributed by atoms with van der Waals surface area (Å²) in [5.41, 5.74) is 0. The van der Waals surface area contributed by atoms with Crippen LogP contribution in [0.1, 0.15) is 20.3 Å². The fourth-order valence-corrected chi connectivity index (χ4v) is 1.45. The quantitative estimate of drug-likeness (QED) is 0.674. The van der Waals surface area contributed by atoms with Crippen molar-refractivity contribution in [1.29, 1.82) is 0 Å². The van der Waals surface area contributed by atoms with Crippen LogP contribution in [-0.4, -0.2) is 37.0 Å². The van der Waals surface area contributed by atoms with Gasteiger partial charge in [0.15, 0.2) is 0 Å². The average Bonchev–Trinajstić information content (AvgIpc) is 2.13. The maximum absolute atomic E-state index is 11.4. The summed E-state index contributed by atoms with van der Waals surface area (Å²) in [5.74, 6) is 1.17. The first kappa shape index (κ1) is 12.8. The Kier molecular flexibility index (Phi) is 7.09. The molecule has 2 N–H and O–H groups in total. The Hall–Kier alpha value is -0.220. The van der Waals surface area contributed by atoms with Gasteiger partial charge in [-0.1, -0.05) is 0 Å². The molecule has 1 amide bonds. The van der Waals surface area contributed by atoms with Crippen molar-refractivity contribution in [2.45, 2.75) is 32.4 Å². The molecule has 0 bridgehead atoms. The lowest BCUT2D eigenvalue weighted by Crippen LogP contribution is -2.44. The van der Waals surface area contributed by atoms with E-state index in [0.717, 1.165) is 12.2 Å². The predicted octanol–water partition coefficient (Wildman–Crippen LogP) is 0.852. The van der Waals surface area contributed by atoms with E-state index in [9.17, 15) is 4.79 Å². The summed E-state index contributed by atoms with van der Waals surface area (Å²) in [6.07, 6.45) is 3.11. The predicted molar refractivity (Wildman–Crippen MR) is 59.1 cm³/mol. The van der Waals surface area contributed by atoms with Crippen LogP contribution in [0.5, 0.6) is 0 Å². The summed E-state index contributed by atoms with van der Waals surface area (Å²) in [7, 11) is 1.79. The summed E-state index contributed by atoms with van der Waals surface area (Å²) in [4.78, 5) is 11.4. The number of nitrogens with one attached hydrogen (secondary N) is 2. The van der Waals surface area contributed by atoms with Gasteiger partial charge in [-0.15, -0.1) is 0 Å². The Morgan fingerprint density at radius 2 is 2.08 bits per heavy atom. The highest BCUT2D eigenvalue weighted by Crippen LogP contribution is 1.99. The van der Waals surface area contributed by atoms with E-state index in [1.807, 2.05) is 13.8 Å². The largest absolute Gasteiger partial charge is 0.352 e. The van der Waals surface area contributed by atoms with Gasteiger partial charge < -0.3 is 10.6 Å². The highest BCUT2D eigenvalue weighted by molar-refractivity contribution is 7.98. The van der Waals surface area contributed by atoms with E-state index >= 15 is 0 Å². The number of hydrogen-bond acceptors (Lipinski definition) is 3. The van der Waals surface area contributed by atoms with Crippen LogP contribution >= 0.6 is 11.8 Å². The number of rotatable bonds is 6. The molecule has 0 aromatic carbocycles. The molecule has 0 heterocycles. The molecule has 0 aromatic rings. The van der Waals surface area contributed by atoms with Gasteiger partial charge in [-0.05, 0) is 39.3 Å². The van der Waals surface area contributed by atoms with E-state index in [1.165, 1.54) is 0 Å². The first-order chi connectivity index (χ1) is 6.11. The van der Waals surface area contributed by atoms with Crippen LogP contribution in [-0.2, 0) is 4.79 Å². The fraction of sp³-hybridized carbons (Fsp3) is 0.889. The van der Waals surface area contributed by atoms with Gasteiger partial charge in [0.05, 0.1) is 6.04 Å². The molecule has 0 fully saturated rings. The van der Waals surface area contributed by atoms with Crippen LogP contribution in [0.15, 0.2) is 0 Å². The van der Waals surface area contributed by atoms with E-state index in [0.29, 0.717) is 0 Å². The maximum atomic E-state index is 11.4. The molecule has 2 unspecified atom stereocenters. The first-order valence-electron chi connectivity index (χ1n) is 4.58. The number of carbonyl (C=O) groups is 1. The summed E-state index contributed by atoms with van der Waals surface area (Å²) >= 11 is 1.80. The van der Waals surface area contributed by atoms with Crippen LogP contribution in [0, 0.1) is 0 Å². The Morgan fingerprint density at radius 3 is 2.54 bits per heavy atom. The highest BCUT2D eigenvalue weighted by Gasteiger charge is 2.12. The van der Waals surface area contributed by atoms with Crippen molar-refractivity contribution in [3.05, 3.63) is 0 Å². The monoisotopic (exact) mass is 204 g/mol. The molecule has 0 aromatic heterocycles. The van der Waals surface area contributed by atoms with Gasteiger partial charge in [0.1, 0.15) is 0 Å². The fourth-order valence-electron chi connectivity index (χ4n) is 0.866. The summed E-state index contributed by atoms with van der Waals surface area (Å²) in [6, 6.07) is 0.174. The van der Waals surface area contributed by atoms with Crippen LogP contribution in [0.4, 0.5) is 0 Å². The second-order valence-electron chi connectivity index (χ2n) is 3.20. The van der Waals surface area contributed by atoms with Crippen LogP contribution < -0.4 is 10.6 Å². The van der Waals surface area contributed by atoms with E-state index in [-0.39, 0.29) is 18.0 Å². The second kappa shape index (κ2) is 7.21. The summed E-state index contributed by atoms with van der Waals surface area (Å²) < 4.78 is 0. The Balaban J connectivity index is 3.64. The molecular weight excluding hydrogens is 184 g/mol. The molecular formula is C9H20N2OS. The molecule has 0 aliphatic rings. The summed E-state index contributed by atoms with van der Waals surface area (Å²) in [5, 5.41) is 5.86. The smallest absolute Gasteiger partial charge is 0.237 e. The minimum Gasteiger partial charge on any atom is -0.352 e. The van der Waals surface area contributed by atoms with Crippen LogP contribution in [0.25, 0.3) is 0 Å². The lowest BCUT2D eigenvalue weighted by molar-refractivity contribution is -0.123. The van der Waals surface area contributed by atoms with Crippen LogP contribution in [0.2, 0.25) is 0 Å². The first-order valence-corrected chi connectivity index (χ1v) is 5.97. The van der Waals surface area contributed by atoms with Crippen molar-refractivity contribution >= 4 is 17.7 Å². The van der Waals surface area contributed by atoms with E-state index in [2.05, 4.69) is 16.9 Å². The minimum absolute atomic E-state index is 0.0797. The zero-order valence-corrected chi connectivity index (χ0v) is 9.70. The van der Waals surface area contributed by atoms with Crippen molar-refractivity contribution in [3.63, 3.8) is 0 Å². The van der Waals surface area contributed by atoms with Crippen molar-refractivity contribution in [2.75, 3.05) is 19.1 Å². The molecule has 0 radical (unpaired) electrons. The summed E-state index contributed by atoms with van der Waals surface area (Å²) in [6.45, 7) is 3.90. The molecule has 0 saturated carbocycles. The van der Waals surface area contributed by atoms with Gasteiger partial charge in [-0.2, -0.15) is 11.8 Å². The lowest BCUT2D eigenvalue weighted by Gasteiger charge is -2.16. The molecule has 0 aliphatic heterocycles. The number of thioether (sulfide) groups is 1. The SMILES string of the molecule is CNC(C)C(=O)NC(C)CCSC. The number of carbonyl (C=O) groups excluding carboxylic acids is 1. The van der Waals surface area contributed by atoms with E-state index in [1.54, 1.807) is 18.8 Å². The topological polar surface area (TPSA) is 41.1 Å². The Bertz CT molecular complexity index is 153. The third-order valence-corrected chi connectivity index (χ3v) is 2.61. The molecule has 2 atom stereocenters. The molecule has 0 aliphatic carbocycles. The second-order valence-corrected chi connectivity index (χ2v) is 4.19. The van der Waals surface area contributed by atoms with Gasteiger partial charge >= 0.3 is 0 Å². The van der Waals surface area contributed by atoms with Crippen LogP contribution in [0.3, 0.4) is 0 Å². The third kappa shape index (κ3) is 5.93. The van der Waals surface area contributed by atoms with Crippen molar-refractivity contribution in [3.8, 4) is 0 Å². The molecule has 4 heteroatoms. The third-order valence-electron chi connectivity index (χ3n) is 1.97. The van der Waals surface area contributed by atoms with E-state index < -0.39 is 0 Å². The molecule has 0 rings (SSSR count). The Morgan fingerprint density at radius 1 is 1.46 bits per heavy atom. The van der Waals surface area contributed by atoms with Crippen molar-refractivity contribution in [1.82, 2.24) is 10.6 Å².